The Morgan fingerprint density at radius 3 is 2.64 bits per heavy atom. The van der Waals surface area contributed by atoms with Gasteiger partial charge in [-0.25, -0.2) is 8.42 Å². The van der Waals surface area contributed by atoms with Crippen LogP contribution in [-0.4, -0.2) is 45.6 Å². The largest absolute Gasteiger partial charge is 0.468 e. The average molecular weight is 244 g/mol. The number of ether oxygens (including phenoxy) is 1. The first-order valence-electron chi connectivity index (χ1n) is 4.04. The molecule has 0 aliphatic carbocycles. The van der Waals surface area contributed by atoms with E-state index in [9.17, 15) is 13.2 Å². The van der Waals surface area contributed by atoms with Gasteiger partial charge in [-0.05, 0) is 6.42 Å². The lowest BCUT2D eigenvalue weighted by Gasteiger charge is -2.08. The second-order valence-corrected chi connectivity index (χ2v) is 5.29. The molecule has 0 radical (unpaired) electrons. The Morgan fingerprint density at radius 2 is 2.21 bits per heavy atom. The predicted molar refractivity (Wildman–Crippen MR) is 54.3 cm³/mol. The molecular formula is C7H14ClNO4S. The molecule has 1 fully saturated rings. The van der Waals surface area contributed by atoms with Crippen LogP contribution in [0, 0.1) is 0 Å². The summed E-state index contributed by atoms with van der Waals surface area (Å²) in [5.74, 6) is -0.0279. The van der Waals surface area contributed by atoms with Crippen LogP contribution in [-0.2, 0) is 19.4 Å². The summed E-state index contributed by atoms with van der Waals surface area (Å²) < 4.78 is 26.4. The minimum Gasteiger partial charge on any atom is -0.468 e. The van der Waals surface area contributed by atoms with Crippen molar-refractivity contribution >= 4 is 28.2 Å². The van der Waals surface area contributed by atoms with Crippen molar-refractivity contribution in [2.45, 2.75) is 12.5 Å². The van der Waals surface area contributed by atoms with E-state index in [0.717, 1.165) is 0 Å². The summed E-state index contributed by atoms with van der Waals surface area (Å²) in [4.78, 5) is 10.7. The highest BCUT2D eigenvalue weighted by atomic mass is 35.5. The molecule has 1 saturated heterocycles. The molecule has 1 aliphatic heterocycles. The molecule has 5 nitrogen and oxygen atoms in total. The molecular weight excluding hydrogens is 230 g/mol. The van der Waals surface area contributed by atoms with Gasteiger partial charge in [0.05, 0.1) is 25.2 Å². The number of carbonyl (C=O) groups excluding carboxylic acids is 1. The molecule has 84 valence electrons. The minimum atomic E-state index is -2.86. The molecule has 1 N–H and O–H groups in total. The maximum absolute atomic E-state index is 11.0. The molecule has 1 unspecified atom stereocenters. The highest BCUT2D eigenvalue weighted by molar-refractivity contribution is 7.91. The van der Waals surface area contributed by atoms with E-state index in [1.807, 2.05) is 0 Å². The number of methoxy groups -OCH3 is 1. The number of hydrogen-bond donors (Lipinski definition) is 1. The van der Waals surface area contributed by atoms with Crippen LogP contribution in [0.15, 0.2) is 0 Å². The van der Waals surface area contributed by atoms with E-state index in [1.54, 1.807) is 0 Å². The van der Waals surface area contributed by atoms with Crippen LogP contribution in [0.1, 0.15) is 6.42 Å². The summed E-state index contributed by atoms with van der Waals surface area (Å²) in [7, 11) is -1.56. The SMILES string of the molecule is COC(=O)CNC1CCS(=O)(=O)C1.Cl. The molecule has 1 aliphatic rings. The summed E-state index contributed by atoms with van der Waals surface area (Å²) >= 11 is 0. The maximum Gasteiger partial charge on any atom is 0.319 e. The van der Waals surface area contributed by atoms with Gasteiger partial charge in [0.2, 0.25) is 0 Å². The van der Waals surface area contributed by atoms with Gasteiger partial charge in [-0.1, -0.05) is 0 Å². The molecule has 1 heterocycles. The Labute approximate surface area is 89.5 Å². The first kappa shape index (κ1) is 13.7. The second-order valence-electron chi connectivity index (χ2n) is 3.06. The minimum absolute atomic E-state index is 0. The van der Waals surface area contributed by atoms with Gasteiger partial charge >= 0.3 is 5.97 Å². The lowest BCUT2D eigenvalue weighted by atomic mass is 10.3. The lowest BCUT2D eigenvalue weighted by Crippen LogP contribution is -2.34. The number of rotatable bonds is 3. The maximum atomic E-state index is 11.0. The fraction of sp³-hybridized carbons (Fsp3) is 0.857. The van der Waals surface area contributed by atoms with Crippen LogP contribution in [0.25, 0.3) is 0 Å². The van der Waals surface area contributed by atoms with Gasteiger partial charge in [0, 0.05) is 6.04 Å². The van der Waals surface area contributed by atoms with Gasteiger partial charge in [-0.15, -0.1) is 12.4 Å². The summed E-state index contributed by atoms with van der Waals surface area (Å²) in [6.45, 7) is 0.0800. The highest BCUT2D eigenvalue weighted by Gasteiger charge is 2.27. The molecule has 0 aromatic heterocycles. The number of carbonyl (C=O) groups is 1. The quantitative estimate of drug-likeness (QED) is 0.668. The van der Waals surface area contributed by atoms with Crippen LogP contribution in [0.4, 0.5) is 0 Å². The Bertz CT molecular complexity index is 290. The average Bonchev–Trinajstić information content (AvgIpc) is 2.41. The molecule has 14 heavy (non-hydrogen) atoms. The van der Waals surface area contributed by atoms with Gasteiger partial charge in [0.25, 0.3) is 0 Å². The van der Waals surface area contributed by atoms with E-state index >= 15 is 0 Å². The molecule has 1 rings (SSSR count). The number of esters is 1. The smallest absolute Gasteiger partial charge is 0.319 e. The van der Waals surface area contributed by atoms with Crippen molar-refractivity contribution in [2.24, 2.45) is 0 Å². The number of hydrogen-bond acceptors (Lipinski definition) is 5. The van der Waals surface area contributed by atoms with Crippen LogP contribution in [0.5, 0.6) is 0 Å². The van der Waals surface area contributed by atoms with Crippen molar-refractivity contribution in [3.05, 3.63) is 0 Å². The van der Waals surface area contributed by atoms with Crippen molar-refractivity contribution in [2.75, 3.05) is 25.2 Å². The number of sulfone groups is 1. The summed E-state index contributed by atoms with van der Waals surface area (Å²) in [5, 5.41) is 2.83. The van der Waals surface area contributed by atoms with Crippen LogP contribution < -0.4 is 5.32 Å². The van der Waals surface area contributed by atoms with E-state index < -0.39 is 9.84 Å². The standard InChI is InChI=1S/C7H13NO4S.ClH/c1-12-7(9)4-8-6-2-3-13(10,11)5-6;/h6,8H,2-5H2,1H3;1H. The number of halogens is 1. The van der Waals surface area contributed by atoms with Crippen LogP contribution >= 0.6 is 12.4 Å². The van der Waals surface area contributed by atoms with Crippen molar-refractivity contribution < 1.29 is 17.9 Å². The topological polar surface area (TPSA) is 72.5 Å². The predicted octanol–water partition coefficient (Wildman–Crippen LogP) is -0.642. The van der Waals surface area contributed by atoms with Crippen molar-refractivity contribution in [1.29, 1.82) is 0 Å². The molecule has 0 amide bonds. The Hall–Kier alpha value is -0.330. The zero-order valence-corrected chi connectivity index (χ0v) is 9.49. The van der Waals surface area contributed by atoms with Crippen molar-refractivity contribution in [3.63, 3.8) is 0 Å². The number of nitrogens with one attached hydrogen (secondary N) is 1. The van der Waals surface area contributed by atoms with E-state index in [-0.39, 0.29) is 42.5 Å². The van der Waals surface area contributed by atoms with Crippen LogP contribution in [0.3, 0.4) is 0 Å². The Morgan fingerprint density at radius 1 is 1.57 bits per heavy atom. The first-order chi connectivity index (χ1) is 6.03. The molecule has 0 spiro atoms. The van der Waals surface area contributed by atoms with Gasteiger partial charge < -0.3 is 10.1 Å². The summed E-state index contributed by atoms with van der Waals surface area (Å²) in [5.41, 5.74) is 0. The van der Waals surface area contributed by atoms with Gasteiger partial charge in [-0.2, -0.15) is 0 Å². The third-order valence-electron chi connectivity index (χ3n) is 2.00. The Balaban J connectivity index is 0.00000169. The third-order valence-corrected chi connectivity index (χ3v) is 3.76. The van der Waals surface area contributed by atoms with Gasteiger partial charge in [-0.3, -0.25) is 4.79 Å². The normalized spacial score (nSPS) is 23.9. The first-order valence-corrected chi connectivity index (χ1v) is 5.86. The Kier molecular flexibility index (Phi) is 5.40. The fourth-order valence-electron chi connectivity index (χ4n) is 1.26. The molecule has 0 bridgehead atoms. The second kappa shape index (κ2) is 5.53. The van der Waals surface area contributed by atoms with E-state index in [1.165, 1.54) is 7.11 Å². The van der Waals surface area contributed by atoms with Crippen molar-refractivity contribution in [3.8, 4) is 0 Å². The van der Waals surface area contributed by atoms with E-state index in [2.05, 4.69) is 10.1 Å². The van der Waals surface area contributed by atoms with E-state index in [0.29, 0.717) is 6.42 Å². The van der Waals surface area contributed by atoms with Gasteiger partial charge in [0.15, 0.2) is 9.84 Å². The molecule has 0 aromatic rings. The third kappa shape index (κ3) is 4.26. The van der Waals surface area contributed by atoms with Crippen LogP contribution in [0.2, 0.25) is 0 Å². The molecule has 0 aromatic carbocycles. The lowest BCUT2D eigenvalue weighted by molar-refractivity contribution is -0.139. The van der Waals surface area contributed by atoms with Crippen molar-refractivity contribution in [1.82, 2.24) is 5.32 Å². The fourth-order valence-corrected chi connectivity index (χ4v) is 2.96. The zero-order chi connectivity index (χ0) is 9.90. The van der Waals surface area contributed by atoms with Gasteiger partial charge in [0.1, 0.15) is 0 Å². The summed E-state index contributed by atoms with van der Waals surface area (Å²) in [6, 6.07) is -0.0934. The summed E-state index contributed by atoms with van der Waals surface area (Å²) in [6.07, 6.45) is 0.583. The molecule has 7 heteroatoms. The molecule has 0 saturated carbocycles. The monoisotopic (exact) mass is 243 g/mol. The van der Waals surface area contributed by atoms with E-state index in [4.69, 9.17) is 0 Å². The zero-order valence-electron chi connectivity index (χ0n) is 7.86. The molecule has 1 atom stereocenters. The highest BCUT2D eigenvalue weighted by Crippen LogP contribution is 2.10.